The van der Waals surface area contributed by atoms with E-state index in [2.05, 4.69) is 0 Å². The van der Waals surface area contributed by atoms with E-state index >= 15 is 0 Å². The molecule has 0 aromatic rings. The molecule has 0 saturated carbocycles. The number of methoxy groups -OCH3 is 3. The second-order valence-electron chi connectivity index (χ2n) is 2.77. The standard InChI is InChI=1S/C8H16O4/c1-9-7(10-2)6-4-5-12-8(6)11-3/h6-8H,4-5H2,1-3H3/t6-,8-/m0/s1. The van der Waals surface area contributed by atoms with Crippen LogP contribution < -0.4 is 0 Å². The zero-order valence-corrected chi connectivity index (χ0v) is 7.78. The summed E-state index contributed by atoms with van der Waals surface area (Å²) in [5.41, 5.74) is 0. The molecule has 4 heteroatoms. The van der Waals surface area contributed by atoms with Crippen LogP contribution in [0.2, 0.25) is 0 Å². The molecule has 12 heavy (non-hydrogen) atoms. The van der Waals surface area contributed by atoms with E-state index < -0.39 is 0 Å². The third-order valence-electron chi connectivity index (χ3n) is 2.13. The lowest BCUT2D eigenvalue weighted by Gasteiger charge is -2.23. The van der Waals surface area contributed by atoms with Gasteiger partial charge in [0.1, 0.15) is 0 Å². The van der Waals surface area contributed by atoms with Crippen molar-refractivity contribution in [3.05, 3.63) is 0 Å². The normalized spacial score (nSPS) is 30.0. The lowest BCUT2D eigenvalue weighted by atomic mass is 10.1. The first-order valence-electron chi connectivity index (χ1n) is 4.03. The summed E-state index contributed by atoms with van der Waals surface area (Å²) in [5, 5.41) is 0. The second kappa shape index (κ2) is 4.77. The quantitative estimate of drug-likeness (QED) is 0.588. The van der Waals surface area contributed by atoms with Gasteiger partial charge < -0.3 is 18.9 Å². The third kappa shape index (κ3) is 1.95. The maximum atomic E-state index is 5.32. The molecule has 0 spiro atoms. The Bertz CT molecular complexity index is 124. The molecule has 0 amide bonds. The van der Waals surface area contributed by atoms with Crippen LogP contribution >= 0.6 is 0 Å². The molecule has 0 unspecified atom stereocenters. The first kappa shape index (κ1) is 9.92. The average molecular weight is 176 g/mol. The van der Waals surface area contributed by atoms with Gasteiger partial charge >= 0.3 is 0 Å². The van der Waals surface area contributed by atoms with Gasteiger partial charge in [0.25, 0.3) is 0 Å². The molecule has 0 aromatic carbocycles. The van der Waals surface area contributed by atoms with Gasteiger partial charge in [-0.05, 0) is 6.42 Å². The minimum atomic E-state index is -0.225. The van der Waals surface area contributed by atoms with Crippen LogP contribution in [-0.4, -0.2) is 40.5 Å². The summed E-state index contributed by atoms with van der Waals surface area (Å²) in [6, 6.07) is 0. The Morgan fingerprint density at radius 1 is 1.25 bits per heavy atom. The molecule has 1 heterocycles. The summed E-state index contributed by atoms with van der Waals surface area (Å²) in [4.78, 5) is 0. The van der Waals surface area contributed by atoms with Crippen LogP contribution in [0.3, 0.4) is 0 Å². The van der Waals surface area contributed by atoms with Gasteiger partial charge in [0.15, 0.2) is 12.6 Å². The number of hydrogen-bond acceptors (Lipinski definition) is 4. The Kier molecular flexibility index (Phi) is 3.94. The summed E-state index contributed by atoms with van der Waals surface area (Å²) in [6.07, 6.45) is 0.512. The molecule has 0 N–H and O–H groups in total. The minimum Gasteiger partial charge on any atom is -0.355 e. The number of ether oxygens (including phenoxy) is 4. The van der Waals surface area contributed by atoms with Crippen molar-refractivity contribution in [1.29, 1.82) is 0 Å². The Morgan fingerprint density at radius 3 is 2.42 bits per heavy atom. The van der Waals surface area contributed by atoms with Gasteiger partial charge in [0.05, 0.1) is 12.5 Å². The molecule has 0 radical (unpaired) electrons. The maximum Gasteiger partial charge on any atom is 0.164 e. The predicted octanol–water partition coefficient (Wildman–Crippen LogP) is 0.614. The summed E-state index contributed by atoms with van der Waals surface area (Å²) in [7, 11) is 4.88. The molecule has 0 aliphatic carbocycles. The molecule has 1 saturated heterocycles. The maximum absolute atomic E-state index is 5.32. The fourth-order valence-electron chi connectivity index (χ4n) is 1.53. The Morgan fingerprint density at radius 2 is 1.92 bits per heavy atom. The Balaban J connectivity index is 2.47. The molecular weight excluding hydrogens is 160 g/mol. The van der Waals surface area contributed by atoms with Gasteiger partial charge in [-0.25, -0.2) is 0 Å². The first-order chi connectivity index (χ1) is 5.83. The monoisotopic (exact) mass is 176 g/mol. The van der Waals surface area contributed by atoms with E-state index in [-0.39, 0.29) is 18.5 Å². The highest BCUT2D eigenvalue weighted by Crippen LogP contribution is 2.26. The van der Waals surface area contributed by atoms with Crippen LogP contribution in [0.5, 0.6) is 0 Å². The molecular formula is C8H16O4. The third-order valence-corrected chi connectivity index (χ3v) is 2.13. The van der Waals surface area contributed by atoms with Gasteiger partial charge in [-0.2, -0.15) is 0 Å². The summed E-state index contributed by atoms with van der Waals surface area (Å²) in [6.45, 7) is 0.715. The van der Waals surface area contributed by atoms with E-state index in [1.165, 1.54) is 0 Å². The van der Waals surface area contributed by atoms with Crippen LogP contribution in [0.1, 0.15) is 6.42 Å². The molecule has 1 aliphatic rings. The lowest BCUT2D eigenvalue weighted by Crippen LogP contribution is -2.32. The number of hydrogen-bond donors (Lipinski definition) is 0. The van der Waals surface area contributed by atoms with E-state index in [4.69, 9.17) is 18.9 Å². The topological polar surface area (TPSA) is 36.9 Å². The molecule has 1 aliphatic heterocycles. The van der Waals surface area contributed by atoms with Crippen molar-refractivity contribution in [3.63, 3.8) is 0 Å². The fourth-order valence-corrected chi connectivity index (χ4v) is 1.53. The minimum absolute atomic E-state index is 0.185. The molecule has 2 atom stereocenters. The fraction of sp³-hybridized carbons (Fsp3) is 1.00. The summed E-state index contributed by atoms with van der Waals surface area (Å²) >= 11 is 0. The lowest BCUT2D eigenvalue weighted by molar-refractivity contribution is -0.195. The van der Waals surface area contributed by atoms with Gasteiger partial charge in [-0.3, -0.25) is 0 Å². The van der Waals surface area contributed by atoms with Crippen molar-refractivity contribution in [3.8, 4) is 0 Å². The van der Waals surface area contributed by atoms with Gasteiger partial charge in [-0.15, -0.1) is 0 Å². The molecule has 72 valence electrons. The average Bonchev–Trinajstić information content (AvgIpc) is 2.55. The van der Waals surface area contributed by atoms with Crippen molar-refractivity contribution in [1.82, 2.24) is 0 Å². The van der Waals surface area contributed by atoms with Crippen molar-refractivity contribution in [2.75, 3.05) is 27.9 Å². The Labute approximate surface area is 72.7 Å². The van der Waals surface area contributed by atoms with Crippen LogP contribution in [0.4, 0.5) is 0 Å². The molecule has 0 aromatic heterocycles. The SMILES string of the molecule is COC(OC)[C@@H]1CCO[C@@H]1OC. The van der Waals surface area contributed by atoms with E-state index in [9.17, 15) is 0 Å². The van der Waals surface area contributed by atoms with E-state index in [1.54, 1.807) is 21.3 Å². The number of rotatable bonds is 4. The van der Waals surface area contributed by atoms with Crippen LogP contribution in [0.25, 0.3) is 0 Å². The molecule has 1 rings (SSSR count). The van der Waals surface area contributed by atoms with Crippen LogP contribution in [0, 0.1) is 5.92 Å². The van der Waals surface area contributed by atoms with Gasteiger partial charge in [-0.1, -0.05) is 0 Å². The van der Waals surface area contributed by atoms with E-state index in [0.29, 0.717) is 6.61 Å². The molecule has 1 fully saturated rings. The Hall–Kier alpha value is -0.160. The van der Waals surface area contributed by atoms with Crippen molar-refractivity contribution in [2.24, 2.45) is 5.92 Å². The highest BCUT2D eigenvalue weighted by molar-refractivity contribution is 4.72. The smallest absolute Gasteiger partial charge is 0.164 e. The first-order valence-corrected chi connectivity index (χ1v) is 4.03. The summed E-state index contributed by atoms with van der Waals surface area (Å²) < 4.78 is 20.7. The predicted molar refractivity (Wildman–Crippen MR) is 42.7 cm³/mol. The van der Waals surface area contributed by atoms with E-state index in [0.717, 1.165) is 6.42 Å². The van der Waals surface area contributed by atoms with Crippen LogP contribution in [-0.2, 0) is 18.9 Å². The summed E-state index contributed by atoms with van der Waals surface area (Å²) in [5.74, 6) is 0.185. The highest BCUT2D eigenvalue weighted by Gasteiger charge is 2.35. The molecule has 4 nitrogen and oxygen atoms in total. The second-order valence-corrected chi connectivity index (χ2v) is 2.77. The van der Waals surface area contributed by atoms with Crippen molar-refractivity contribution < 1.29 is 18.9 Å². The van der Waals surface area contributed by atoms with Gasteiger partial charge in [0, 0.05) is 21.3 Å². The van der Waals surface area contributed by atoms with Crippen molar-refractivity contribution >= 4 is 0 Å². The van der Waals surface area contributed by atoms with Gasteiger partial charge in [0.2, 0.25) is 0 Å². The zero-order valence-electron chi connectivity index (χ0n) is 7.78. The molecule has 0 bridgehead atoms. The van der Waals surface area contributed by atoms with Crippen molar-refractivity contribution in [2.45, 2.75) is 19.0 Å². The van der Waals surface area contributed by atoms with E-state index in [1.807, 2.05) is 0 Å². The largest absolute Gasteiger partial charge is 0.355 e. The highest BCUT2D eigenvalue weighted by atomic mass is 16.7. The zero-order chi connectivity index (χ0) is 8.97. The van der Waals surface area contributed by atoms with Crippen LogP contribution in [0.15, 0.2) is 0 Å².